The number of hydrogen-bond donors (Lipinski definition) is 1. The molecule has 6 nitrogen and oxygen atoms in total. The average Bonchev–Trinajstić information content (AvgIpc) is 3.22. The van der Waals surface area contributed by atoms with Gasteiger partial charge in [0.05, 0.1) is 23.4 Å². The van der Waals surface area contributed by atoms with Crippen molar-refractivity contribution < 1.29 is 13.9 Å². The van der Waals surface area contributed by atoms with Crippen molar-refractivity contribution in [3.63, 3.8) is 0 Å². The fraction of sp³-hybridized carbons (Fsp3) is 0.552. The van der Waals surface area contributed by atoms with E-state index in [1.165, 1.54) is 38.5 Å². The van der Waals surface area contributed by atoms with Gasteiger partial charge in [0.1, 0.15) is 11.5 Å². The van der Waals surface area contributed by atoms with Crippen LogP contribution in [0.25, 0.3) is 11.1 Å². The minimum atomic E-state index is -0.220. The number of carbonyl (C=O) groups excluding carboxylic acids is 1. The van der Waals surface area contributed by atoms with Crippen LogP contribution in [0.4, 0.5) is 5.69 Å². The Bertz CT molecular complexity index is 1060. The number of ether oxygens (including phenoxy) is 1. The molecular weight excluding hydrogens is 438 g/mol. The summed E-state index contributed by atoms with van der Waals surface area (Å²) in [5.41, 5.74) is 3.22. The summed E-state index contributed by atoms with van der Waals surface area (Å²) in [6.45, 7) is 9.54. The number of likely N-dealkylation sites (N-methyl/N-ethyl adjacent to an activating group) is 1. The molecule has 6 heteroatoms. The highest BCUT2D eigenvalue weighted by atomic mass is 16.5. The zero-order chi connectivity index (χ0) is 25.4. The zero-order valence-corrected chi connectivity index (χ0v) is 22.4. The summed E-state index contributed by atoms with van der Waals surface area (Å²) < 4.78 is 13.2. The molecule has 0 saturated heterocycles. The lowest BCUT2D eigenvalue weighted by atomic mass is 10.0. The Morgan fingerprint density at radius 1 is 1.14 bits per heavy atom. The largest absolute Gasteiger partial charge is 0.494 e. The molecular formula is C29H43N3O3. The Morgan fingerprint density at radius 3 is 2.37 bits per heavy atom. The normalized spacial score (nSPS) is 14.8. The van der Waals surface area contributed by atoms with Gasteiger partial charge in [0, 0.05) is 37.5 Å². The number of nitrogens with zero attached hydrogens (tertiary/aromatic N) is 2. The van der Waals surface area contributed by atoms with Crippen LogP contribution in [-0.2, 0) is 6.54 Å². The molecule has 1 N–H and O–H groups in total. The fourth-order valence-electron chi connectivity index (χ4n) is 4.80. The first kappa shape index (κ1) is 26.9. The molecule has 0 spiro atoms. The predicted molar refractivity (Wildman–Crippen MR) is 145 cm³/mol. The van der Waals surface area contributed by atoms with E-state index in [9.17, 15) is 4.79 Å². The van der Waals surface area contributed by atoms with Gasteiger partial charge >= 0.3 is 0 Å². The summed E-state index contributed by atoms with van der Waals surface area (Å²) in [5, 5.41) is 3.34. The molecule has 2 heterocycles. The molecule has 1 fully saturated rings. The summed E-state index contributed by atoms with van der Waals surface area (Å²) in [5.74, 6) is 1.71. The standard InChI is InChI=1S/C21H26N2O3.C8H17N/c1-6-25-18-9-7-16(8-10-18)22(5)21(3,4)14-23-17(13-24)12-20-19(23)11-15(2)26-20;1-9-8-6-4-2-3-5-7-8/h7-13H,6,14H2,1-5H3;8-9H,2-7H2,1H3. The maximum absolute atomic E-state index is 11.5. The molecule has 1 saturated carbocycles. The monoisotopic (exact) mass is 481 g/mol. The van der Waals surface area contributed by atoms with Crippen molar-refractivity contribution in [3.05, 3.63) is 47.9 Å². The topological polar surface area (TPSA) is 59.6 Å². The lowest BCUT2D eigenvalue weighted by molar-refractivity contribution is 0.111. The van der Waals surface area contributed by atoms with Crippen LogP contribution in [0.1, 0.15) is 75.5 Å². The molecule has 1 aromatic carbocycles. The number of aromatic nitrogens is 1. The zero-order valence-electron chi connectivity index (χ0n) is 22.4. The third-order valence-electron chi connectivity index (χ3n) is 7.12. The van der Waals surface area contributed by atoms with Crippen LogP contribution in [-0.4, -0.2) is 43.1 Å². The molecule has 3 aromatic rings. The number of aldehydes is 1. The van der Waals surface area contributed by atoms with Crippen LogP contribution in [0.5, 0.6) is 5.75 Å². The number of anilines is 1. The van der Waals surface area contributed by atoms with E-state index in [4.69, 9.17) is 9.15 Å². The second kappa shape index (κ2) is 12.3. The summed E-state index contributed by atoms with van der Waals surface area (Å²) in [6.07, 6.45) is 9.47. The van der Waals surface area contributed by atoms with Crippen LogP contribution in [0.15, 0.2) is 40.8 Å². The van der Waals surface area contributed by atoms with E-state index < -0.39 is 0 Å². The number of fused-ring (bicyclic) bond motifs is 1. The Balaban J connectivity index is 0.000000320. The van der Waals surface area contributed by atoms with E-state index in [0.717, 1.165) is 40.6 Å². The van der Waals surface area contributed by atoms with Gasteiger partial charge in [-0.2, -0.15) is 0 Å². The lowest BCUT2D eigenvalue weighted by Gasteiger charge is -2.38. The second-order valence-corrected chi connectivity index (χ2v) is 10.2. The molecule has 0 atom stereocenters. The third-order valence-corrected chi connectivity index (χ3v) is 7.12. The minimum Gasteiger partial charge on any atom is -0.494 e. The van der Waals surface area contributed by atoms with Crippen LogP contribution >= 0.6 is 0 Å². The molecule has 0 amide bonds. The first-order valence-electron chi connectivity index (χ1n) is 13.0. The maximum Gasteiger partial charge on any atom is 0.166 e. The van der Waals surface area contributed by atoms with Gasteiger partial charge in [0.15, 0.2) is 11.9 Å². The highest BCUT2D eigenvalue weighted by Crippen LogP contribution is 2.29. The molecule has 192 valence electrons. The van der Waals surface area contributed by atoms with Gasteiger partial charge in [-0.05, 0) is 71.8 Å². The van der Waals surface area contributed by atoms with Crippen LogP contribution < -0.4 is 15.0 Å². The van der Waals surface area contributed by atoms with Crippen molar-refractivity contribution in [2.24, 2.45) is 0 Å². The Hall–Kier alpha value is -2.73. The molecule has 0 aliphatic heterocycles. The molecule has 0 radical (unpaired) electrons. The molecule has 0 bridgehead atoms. The maximum atomic E-state index is 11.5. The van der Waals surface area contributed by atoms with Gasteiger partial charge in [-0.3, -0.25) is 4.79 Å². The van der Waals surface area contributed by atoms with E-state index in [2.05, 4.69) is 50.3 Å². The van der Waals surface area contributed by atoms with Crippen molar-refractivity contribution in [1.82, 2.24) is 9.88 Å². The van der Waals surface area contributed by atoms with Gasteiger partial charge in [0.25, 0.3) is 0 Å². The Morgan fingerprint density at radius 2 is 1.80 bits per heavy atom. The van der Waals surface area contributed by atoms with Crippen LogP contribution in [0.2, 0.25) is 0 Å². The number of aryl methyl sites for hydroxylation is 1. The quantitative estimate of drug-likeness (QED) is 0.290. The second-order valence-electron chi connectivity index (χ2n) is 10.2. The summed E-state index contributed by atoms with van der Waals surface area (Å²) in [4.78, 5) is 13.7. The number of benzene rings is 1. The molecule has 2 aromatic heterocycles. The van der Waals surface area contributed by atoms with Crippen molar-refractivity contribution in [2.75, 3.05) is 25.6 Å². The van der Waals surface area contributed by atoms with E-state index in [1.807, 2.05) is 42.7 Å². The average molecular weight is 482 g/mol. The predicted octanol–water partition coefficient (Wildman–Crippen LogP) is 6.60. The lowest BCUT2D eigenvalue weighted by Crippen LogP contribution is -2.45. The van der Waals surface area contributed by atoms with E-state index in [-0.39, 0.29) is 5.54 Å². The number of rotatable bonds is 8. The van der Waals surface area contributed by atoms with Crippen molar-refractivity contribution >= 4 is 23.1 Å². The number of hydrogen-bond acceptors (Lipinski definition) is 5. The SMILES string of the molecule is CCOc1ccc(N(C)C(C)(C)Cn2c(C=O)cc3oc(C)cc32)cc1.CNC1CCCCCC1. The highest BCUT2D eigenvalue weighted by Gasteiger charge is 2.27. The first-order chi connectivity index (χ1) is 16.8. The first-order valence-corrected chi connectivity index (χ1v) is 13.0. The minimum absolute atomic E-state index is 0.220. The van der Waals surface area contributed by atoms with Gasteiger partial charge in [-0.25, -0.2) is 0 Å². The Kier molecular flexibility index (Phi) is 9.44. The summed E-state index contributed by atoms with van der Waals surface area (Å²) >= 11 is 0. The number of nitrogens with one attached hydrogen (secondary N) is 1. The molecule has 1 aliphatic carbocycles. The van der Waals surface area contributed by atoms with Crippen molar-refractivity contribution in [3.8, 4) is 5.75 Å². The molecule has 1 aliphatic rings. The van der Waals surface area contributed by atoms with Crippen LogP contribution in [0, 0.1) is 6.92 Å². The highest BCUT2D eigenvalue weighted by molar-refractivity contribution is 5.86. The molecule has 4 rings (SSSR count). The van der Waals surface area contributed by atoms with Gasteiger partial charge in [-0.1, -0.05) is 25.7 Å². The van der Waals surface area contributed by atoms with Crippen LogP contribution in [0.3, 0.4) is 0 Å². The van der Waals surface area contributed by atoms with Gasteiger partial charge < -0.3 is 23.9 Å². The van der Waals surface area contributed by atoms with Crippen molar-refractivity contribution in [2.45, 2.75) is 84.3 Å². The molecule has 0 unspecified atom stereocenters. The van der Waals surface area contributed by atoms with Gasteiger partial charge in [-0.15, -0.1) is 0 Å². The van der Waals surface area contributed by atoms with E-state index >= 15 is 0 Å². The summed E-state index contributed by atoms with van der Waals surface area (Å²) in [6, 6.07) is 12.7. The number of furan rings is 1. The smallest absolute Gasteiger partial charge is 0.166 e. The fourth-order valence-corrected chi connectivity index (χ4v) is 4.80. The third kappa shape index (κ3) is 6.91. The van der Waals surface area contributed by atoms with Crippen molar-refractivity contribution in [1.29, 1.82) is 0 Å². The van der Waals surface area contributed by atoms with E-state index in [1.54, 1.807) is 0 Å². The Labute approximate surface area is 210 Å². The van der Waals surface area contributed by atoms with Gasteiger partial charge in [0.2, 0.25) is 0 Å². The van der Waals surface area contributed by atoms with E-state index in [0.29, 0.717) is 18.8 Å². The number of carbonyl (C=O) groups is 1. The summed E-state index contributed by atoms with van der Waals surface area (Å²) in [7, 11) is 4.15. The molecule has 35 heavy (non-hydrogen) atoms.